The van der Waals surface area contributed by atoms with Crippen LogP contribution in [-0.4, -0.2) is 24.6 Å². The van der Waals surface area contributed by atoms with Crippen LogP contribution in [-0.2, 0) is 21.1 Å². The highest BCUT2D eigenvalue weighted by Gasteiger charge is 2.13. The molecule has 0 aliphatic heterocycles. The molecule has 1 heterocycles. The Balaban J connectivity index is 0.000000236. The molecular formula is C16H18N2O4S. The summed E-state index contributed by atoms with van der Waals surface area (Å²) in [6.07, 6.45) is 0. The molecule has 0 unspecified atom stereocenters. The van der Waals surface area contributed by atoms with Crippen LogP contribution >= 0.6 is 0 Å². The molecule has 0 spiro atoms. The second-order valence-electron chi connectivity index (χ2n) is 4.65. The molecule has 0 amide bonds. The predicted molar refractivity (Wildman–Crippen MR) is 86.4 cm³/mol. The zero-order valence-corrected chi connectivity index (χ0v) is 13.8. The predicted octanol–water partition coefficient (Wildman–Crippen LogP) is 2.18. The quantitative estimate of drug-likeness (QED) is 0.317. The number of benzene rings is 2. The monoisotopic (exact) mass is 334 g/mol. The van der Waals surface area contributed by atoms with Gasteiger partial charge >= 0.3 is 0 Å². The maximum Gasteiger partial charge on any atom is 0.231 e. The highest BCUT2D eigenvalue weighted by Crippen LogP contribution is 2.13. The fourth-order valence-corrected chi connectivity index (χ4v) is 2.61. The van der Waals surface area contributed by atoms with Crippen LogP contribution in [0.15, 0.2) is 48.5 Å². The Morgan fingerprint density at radius 3 is 1.83 bits per heavy atom. The van der Waals surface area contributed by atoms with E-state index in [-0.39, 0.29) is 6.61 Å². The topological polar surface area (TPSA) is 83.2 Å². The molecule has 6 nitrogen and oxygen atoms in total. The summed E-state index contributed by atoms with van der Waals surface area (Å²) in [5, 5.41) is 0. The standard InChI is InChI=1S/C14H13N2.C2H6O4S/c1-2-16-13-9-5-3-7-11(13)15-12-8-4-6-10-14(12)16;1-2-6-7(3,4)5/h3-10H,2H2,1H3;2H2,1H3,(H,3,4,5)/q+1;/p-1. The lowest BCUT2D eigenvalue weighted by atomic mass is 10.2. The van der Waals surface area contributed by atoms with E-state index in [2.05, 4.69) is 57.1 Å². The van der Waals surface area contributed by atoms with Crippen molar-refractivity contribution in [3.8, 4) is 0 Å². The van der Waals surface area contributed by atoms with Crippen molar-refractivity contribution >= 4 is 32.5 Å². The second-order valence-corrected chi connectivity index (χ2v) is 5.70. The smallest absolute Gasteiger partial charge is 0.231 e. The molecular weight excluding hydrogens is 316 g/mol. The van der Waals surface area contributed by atoms with Crippen molar-refractivity contribution in [1.82, 2.24) is 4.98 Å². The number of fused-ring (bicyclic) bond motifs is 2. The highest BCUT2D eigenvalue weighted by molar-refractivity contribution is 7.80. The van der Waals surface area contributed by atoms with Crippen LogP contribution in [0.4, 0.5) is 0 Å². The summed E-state index contributed by atoms with van der Waals surface area (Å²) in [7, 11) is -4.42. The van der Waals surface area contributed by atoms with Crippen LogP contribution in [0.2, 0.25) is 0 Å². The minimum atomic E-state index is -4.42. The molecule has 3 aromatic rings. The summed E-state index contributed by atoms with van der Waals surface area (Å²) >= 11 is 0. The largest absolute Gasteiger partial charge is 0.726 e. The molecule has 0 saturated carbocycles. The van der Waals surface area contributed by atoms with Gasteiger partial charge in [0.15, 0.2) is 0 Å². The molecule has 122 valence electrons. The minimum Gasteiger partial charge on any atom is -0.726 e. The molecule has 23 heavy (non-hydrogen) atoms. The SMILES string of the molecule is CCOS(=O)(=O)[O-].CC[n+]1c2ccccc2nc2ccccc21. The Morgan fingerprint density at radius 1 is 1.00 bits per heavy atom. The van der Waals surface area contributed by atoms with Crippen molar-refractivity contribution in [3.05, 3.63) is 48.5 Å². The summed E-state index contributed by atoms with van der Waals surface area (Å²) in [5.74, 6) is 0. The van der Waals surface area contributed by atoms with Gasteiger partial charge in [-0.1, -0.05) is 24.3 Å². The van der Waals surface area contributed by atoms with Gasteiger partial charge in [0.2, 0.25) is 21.4 Å². The van der Waals surface area contributed by atoms with Crippen molar-refractivity contribution in [2.24, 2.45) is 0 Å². The Hall–Kier alpha value is -2.09. The first-order valence-corrected chi connectivity index (χ1v) is 8.57. The van der Waals surface area contributed by atoms with Gasteiger partial charge in [-0.3, -0.25) is 4.18 Å². The molecule has 0 fully saturated rings. The normalized spacial score (nSPS) is 11.3. The van der Waals surface area contributed by atoms with Crippen LogP contribution in [0.5, 0.6) is 0 Å². The Kier molecular flexibility index (Phi) is 5.59. The van der Waals surface area contributed by atoms with E-state index in [0.29, 0.717) is 0 Å². The average molecular weight is 334 g/mol. The van der Waals surface area contributed by atoms with Crippen LogP contribution in [0.25, 0.3) is 22.1 Å². The maximum absolute atomic E-state index is 9.45. The van der Waals surface area contributed by atoms with Crippen LogP contribution in [0.1, 0.15) is 13.8 Å². The van der Waals surface area contributed by atoms with E-state index in [9.17, 15) is 13.0 Å². The van der Waals surface area contributed by atoms with Crippen LogP contribution in [0.3, 0.4) is 0 Å². The number of nitrogens with zero attached hydrogens (tertiary/aromatic N) is 2. The number of aromatic nitrogens is 2. The lowest BCUT2D eigenvalue weighted by Crippen LogP contribution is -2.34. The molecule has 0 aliphatic carbocycles. The average Bonchev–Trinajstić information content (AvgIpc) is 2.52. The lowest BCUT2D eigenvalue weighted by molar-refractivity contribution is -0.641. The molecule has 0 radical (unpaired) electrons. The first-order valence-electron chi connectivity index (χ1n) is 7.23. The number of para-hydroxylation sites is 4. The van der Waals surface area contributed by atoms with Gasteiger partial charge < -0.3 is 4.55 Å². The molecule has 0 atom stereocenters. The van der Waals surface area contributed by atoms with Crippen molar-refractivity contribution in [1.29, 1.82) is 0 Å². The lowest BCUT2D eigenvalue weighted by Gasteiger charge is -2.02. The first kappa shape index (κ1) is 17.3. The van der Waals surface area contributed by atoms with Crippen molar-refractivity contribution < 1.29 is 21.7 Å². The van der Waals surface area contributed by atoms with Crippen LogP contribution < -0.4 is 4.57 Å². The zero-order valence-electron chi connectivity index (χ0n) is 13.0. The van der Waals surface area contributed by atoms with Crippen LogP contribution in [0, 0.1) is 0 Å². The van der Waals surface area contributed by atoms with E-state index in [4.69, 9.17) is 0 Å². The van der Waals surface area contributed by atoms with Crippen molar-refractivity contribution in [2.45, 2.75) is 20.4 Å². The number of hydrogen-bond donors (Lipinski definition) is 0. The van der Waals surface area contributed by atoms with Gasteiger partial charge in [-0.15, -0.1) is 0 Å². The molecule has 2 aromatic carbocycles. The van der Waals surface area contributed by atoms with Crippen molar-refractivity contribution in [3.63, 3.8) is 0 Å². The van der Waals surface area contributed by atoms with Gasteiger partial charge in [0.05, 0.1) is 6.61 Å². The van der Waals surface area contributed by atoms with Crippen molar-refractivity contribution in [2.75, 3.05) is 6.61 Å². The third-order valence-electron chi connectivity index (χ3n) is 3.16. The van der Waals surface area contributed by atoms with E-state index in [1.165, 1.54) is 18.0 Å². The molecule has 0 saturated heterocycles. The molecule has 0 N–H and O–H groups in total. The first-order chi connectivity index (χ1) is 11.0. The third kappa shape index (κ3) is 4.44. The second kappa shape index (κ2) is 7.45. The molecule has 0 bridgehead atoms. The van der Waals surface area contributed by atoms with Gasteiger partial charge in [0.1, 0.15) is 17.6 Å². The number of aryl methyl sites for hydroxylation is 1. The molecule has 0 aliphatic rings. The Labute approximate surface area is 135 Å². The van der Waals surface area contributed by atoms with E-state index < -0.39 is 10.4 Å². The van der Waals surface area contributed by atoms with E-state index in [1.54, 1.807) is 0 Å². The van der Waals surface area contributed by atoms with Gasteiger partial charge in [0, 0.05) is 12.1 Å². The van der Waals surface area contributed by atoms with Gasteiger partial charge in [-0.05, 0) is 26.0 Å². The third-order valence-corrected chi connectivity index (χ3v) is 3.69. The summed E-state index contributed by atoms with van der Waals surface area (Å²) < 4.78 is 34.3. The molecule has 7 heteroatoms. The molecule has 3 rings (SSSR count). The van der Waals surface area contributed by atoms with E-state index >= 15 is 0 Å². The Morgan fingerprint density at radius 2 is 1.48 bits per heavy atom. The summed E-state index contributed by atoms with van der Waals surface area (Å²) in [6.45, 7) is 4.46. The summed E-state index contributed by atoms with van der Waals surface area (Å²) in [4.78, 5) is 4.67. The van der Waals surface area contributed by atoms with Gasteiger partial charge in [-0.25, -0.2) is 13.4 Å². The summed E-state index contributed by atoms with van der Waals surface area (Å²) in [6, 6.07) is 16.6. The number of rotatable bonds is 3. The summed E-state index contributed by atoms with van der Waals surface area (Å²) in [5.41, 5.74) is 4.51. The Bertz CT molecular complexity index is 856. The fourth-order valence-electron chi connectivity index (χ4n) is 2.32. The van der Waals surface area contributed by atoms with Gasteiger partial charge in [-0.2, -0.15) is 4.57 Å². The molecule has 1 aromatic heterocycles. The maximum atomic E-state index is 9.45. The number of hydrogen-bond acceptors (Lipinski definition) is 5. The van der Waals surface area contributed by atoms with E-state index in [1.807, 2.05) is 12.1 Å². The van der Waals surface area contributed by atoms with E-state index in [0.717, 1.165) is 17.6 Å². The zero-order chi connectivity index (χ0) is 16.9. The fraction of sp³-hybridized carbons (Fsp3) is 0.250. The highest BCUT2D eigenvalue weighted by atomic mass is 32.3. The van der Waals surface area contributed by atoms with Gasteiger partial charge in [0.25, 0.3) is 0 Å². The minimum absolute atomic E-state index is 0.0914.